The molecular formula is C24H27N5O4. The van der Waals surface area contributed by atoms with Crippen molar-refractivity contribution in [2.45, 2.75) is 45.7 Å². The summed E-state index contributed by atoms with van der Waals surface area (Å²) in [5, 5.41) is 15.9. The van der Waals surface area contributed by atoms with Crippen molar-refractivity contribution in [3.8, 4) is 0 Å². The molecule has 0 N–H and O–H groups in total. The van der Waals surface area contributed by atoms with Crippen LogP contribution in [0.15, 0.2) is 53.3 Å². The minimum atomic E-state index is -0.464. The molecule has 0 unspecified atom stereocenters. The zero-order chi connectivity index (χ0) is 23.5. The van der Waals surface area contributed by atoms with Crippen molar-refractivity contribution in [2.24, 2.45) is 0 Å². The Bertz CT molecular complexity index is 1220. The van der Waals surface area contributed by atoms with E-state index >= 15 is 0 Å². The van der Waals surface area contributed by atoms with Crippen molar-refractivity contribution in [1.29, 1.82) is 0 Å². The van der Waals surface area contributed by atoms with Crippen LogP contribution in [0.5, 0.6) is 0 Å². The van der Waals surface area contributed by atoms with Gasteiger partial charge >= 0.3 is 5.69 Å². The lowest BCUT2D eigenvalue weighted by Crippen LogP contribution is -2.38. The highest BCUT2D eigenvalue weighted by Gasteiger charge is 2.29. The van der Waals surface area contributed by atoms with E-state index in [-0.39, 0.29) is 23.2 Å². The Kier molecular flexibility index (Phi) is 6.39. The molecule has 1 fully saturated rings. The fourth-order valence-corrected chi connectivity index (χ4v) is 4.38. The predicted molar refractivity (Wildman–Crippen MR) is 123 cm³/mol. The van der Waals surface area contributed by atoms with Gasteiger partial charge in [0.05, 0.1) is 11.5 Å². The first-order valence-corrected chi connectivity index (χ1v) is 11.1. The number of carbonyl (C=O) groups excluding carboxylic acids is 1. The molecular weight excluding hydrogens is 422 g/mol. The number of piperidine rings is 1. The third kappa shape index (κ3) is 4.57. The van der Waals surface area contributed by atoms with E-state index in [4.69, 9.17) is 0 Å². The summed E-state index contributed by atoms with van der Waals surface area (Å²) >= 11 is 0. The Hall–Kier alpha value is -3.75. The van der Waals surface area contributed by atoms with Crippen LogP contribution in [-0.2, 0) is 13.1 Å². The fraction of sp³-hybridized carbons (Fsp3) is 0.375. The third-order valence-electron chi connectivity index (χ3n) is 6.24. The van der Waals surface area contributed by atoms with Crippen molar-refractivity contribution in [3.63, 3.8) is 0 Å². The lowest BCUT2D eigenvalue weighted by atomic mass is 9.95. The molecule has 0 spiro atoms. The lowest BCUT2D eigenvalue weighted by Gasteiger charge is -2.31. The normalized spacial score (nSPS) is 14.4. The SMILES string of the molecule is CCn1c(C2CCN(C(=O)c3ccc(C)c([N+](=O)[O-])c3)CC2)nn(Cc2ccccc2)c1=O. The van der Waals surface area contributed by atoms with Crippen molar-refractivity contribution < 1.29 is 9.72 Å². The van der Waals surface area contributed by atoms with Gasteiger partial charge in [0.15, 0.2) is 0 Å². The van der Waals surface area contributed by atoms with Gasteiger partial charge in [-0.15, -0.1) is 0 Å². The number of nitrogens with zero attached hydrogens (tertiary/aromatic N) is 5. The summed E-state index contributed by atoms with van der Waals surface area (Å²) in [6.07, 6.45) is 1.36. The van der Waals surface area contributed by atoms with E-state index in [9.17, 15) is 19.7 Å². The topological polar surface area (TPSA) is 103 Å². The fourth-order valence-electron chi connectivity index (χ4n) is 4.38. The second-order valence-corrected chi connectivity index (χ2v) is 8.35. The van der Waals surface area contributed by atoms with Gasteiger partial charge in [0.2, 0.25) is 0 Å². The second kappa shape index (κ2) is 9.40. The van der Waals surface area contributed by atoms with Crippen molar-refractivity contribution >= 4 is 11.6 Å². The van der Waals surface area contributed by atoms with Crippen molar-refractivity contribution in [3.05, 3.63) is 91.6 Å². The van der Waals surface area contributed by atoms with E-state index in [0.717, 1.165) is 11.4 Å². The number of aryl methyl sites for hydroxylation is 1. The zero-order valence-corrected chi connectivity index (χ0v) is 18.8. The number of hydrogen-bond acceptors (Lipinski definition) is 5. The lowest BCUT2D eigenvalue weighted by molar-refractivity contribution is -0.385. The number of rotatable bonds is 6. The van der Waals surface area contributed by atoms with Crippen LogP contribution in [0, 0.1) is 17.0 Å². The van der Waals surface area contributed by atoms with Gasteiger partial charge in [-0.25, -0.2) is 9.48 Å². The molecule has 4 rings (SSSR count). The predicted octanol–water partition coefficient (Wildman–Crippen LogP) is 3.35. The van der Waals surface area contributed by atoms with E-state index in [1.807, 2.05) is 37.3 Å². The summed E-state index contributed by atoms with van der Waals surface area (Å²) in [6, 6.07) is 14.3. The Labute approximate surface area is 191 Å². The maximum atomic E-state index is 12.9. The minimum Gasteiger partial charge on any atom is -0.339 e. The molecule has 0 radical (unpaired) electrons. The number of amides is 1. The van der Waals surface area contributed by atoms with Crippen LogP contribution in [0.4, 0.5) is 5.69 Å². The summed E-state index contributed by atoms with van der Waals surface area (Å²) in [5.41, 5.74) is 1.69. The van der Waals surface area contributed by atoms with Crippen molar-refractivity contribution in [1.82, 2.24) is 19.2 Å². The first kappa shape index (κ1) is 22.4. The van der Waals surface area contributed by atoms with Gasteiger partial charge in [-0.1, -0.05) is 36.4 Å². The van der Waals surface area contributed by atoms with E-state index in [2.05, 4.69) is 5.10 Å². The number of likely N-dealkylation sites (tertiary alicyclic amines) is 1. The van der Waals surface area contributed by atoms with Gasteiger partial charge in [-0.05, 0) is 38.3 Å². The number of benzene rings is 2. The Morgan fingerprint density at radius 1 is 1.15 bits per heavy atom. The van der Waals surface area contributed by atoms with Gasteiger partial charge in [0, 0.05) is 42.7 Å². The standard InChI is InChI=1S/C24H27N5O4/c1-3-27-22(25-28(24(27)31)16-18-7-5-4-6-8-18)19-11-13-26(14-12-19)23(30)20-10-9-17(2)21(15-20)29(32)33/h4-10,15,19H,3,11-14,16H2,1-2H3. The molecule has 1 amide bonds. The van der Waals surface area contributed by atoms with Gasteiger partial charge in [0.1, 0.15) is 5.82 Å². The molecule has 1 saturated heterocycles. The maximum Gasteiger partial charge on any atom is 0.346 e. The molecule has 0 saturated carbocycles. The van der Waals surface area contributed by atoms with Crippen LogP contribution in [0.2, 0.25) is 0 Å². The van der Waals surface area contributed by atoms with Crippen LogP contribution < -0.4 is 5.69 Å². The van der Waals surface area contributed by atoms with Crippen LogP contribution >= 0.6 is 0 Å². The summed E-state index contributed by atoms with van der Waals surface area (Å²) in [6.45, 7) is 5.56. The summed E-state index contributed by atoms with van der Waals surface area (Å²) < 4.78 is 3.23. The van der Waals surface area contributed by atoms with E-state index < -0.39 is 4.92 Å². The first-order chi connectivity index (χ1) is 15.9. The minimum absolute atomic E-state index is 0.0494. The summed E-state index contributed by atoms with van der Waals surface area (Å²) in [5.74, 6) is 0.626. The van der Waals surface area contributed by atoms with Crippen LogP contribution in [0.25, 0.3) is 0 Å². The molecule has 1 aliphatic rings. The smallest absolute Gasteiger partial charge is 0.339 e. The van der Waals surface area contributed by atoms with Gasteiger partial charge < -0.3 is 4.90 Å². The van der Waals surface area contributed by atoms with Gasteiger partial charge in [-0.3, -0.25) is 19.5 Å². The highest BCUT2D eigenvalue weighted by Crippen LogP contribution is 2.28. The molecule has 33 heavy (non-hydrogen) atoms. The molecule has 3 aromatic rings. The molecule has 0 aliphatic carbocycles. The Balaban J connectivity index is 1.48. The summed E-state index contributed by atoms with van der Waals surface area (Å²) in [7, 11) is 0. The molecule has 1 aliphatic heterocycles. The number of hydrogen-bond donors (Lipinski definition) is 0. The van der Waals surface area contributed by atoms with Crippen LogP contribution in [0.1, 0.15) is 53.0 Å². The molecule has 0 atom stereocenters. The molecule has 2 aromatic carbocycles. The van der Waals surface area contributed by atoms with E-state index in [0.29, 0.717) is 50.1 Å². The number of aromatic nitrogens is 3. The summed E-state index contributed by atoms with van der Waals surface area (Å²) in [4.78, 5) is 38.3. The molecule has 9 heteroatoms. The van der Waals surface area contributed by atoms with E-state index in [1.54, 1.807) is 28.5 Å². The second-order valence-electron chi connectivity index (χ2n) is 8.35. The average molecular weight is 450 g/mol. The quantitative estimate of drug-likeness (QED) is 0.424. The van der Waals surface area contributed by atoms with Gasteiger partial charge in [0.25, 0.3) is 11.6 Å². The average Bonchev–Trinajstić information content (AvgIpc) is 3.14. The Morgan fingerprint density at radius 2 is 1.85 bits per heavy atom. The number of nitro benzene ring substituents is 1. The van der Waals surface area contributed by atoms with Crippen LogP contribution in [-0.4, -0.2) is 43.2 Å². The highest BCUT2D eigenvalue weighted by atomic mass is 16.6. The monoisotopic (exact) mass is 449 g/mol. The maximum absolute atomic E-state index is 12.9. The molecule has 2 heterocycles. The molecule has 0 bridgehead atoms. The molecule has 172 valence electrons. The first-order valence-electron chi connectivity index (χ1n) is 11.1. The highest BCUT2D eigenvalue weighted by molar-refractivity contribution is 5.95. The van der Waals surface area contributed by atoms with E-state index in [1.165, 1.54) is 10.7 Å². The Morgan fingerprint density at radius 3 is 2.48 bits per heavy atom. The largest absolute Gasteiger partial charge is 0.346 e. The third-order valence-corrected chi connectivity index (χ3v) is 6.24. The van der Waals surface area contributed by atoms with Crippen LogP contribution in [0.3, 0.4) is 0 Å². The number of carbonyl (C=O) groups is 1. The van der Waals surface area contributed by atoms with Crippen molar-refractivity contribution in [2.75, 3.05) is 13.1 Å². The molecule has 1 aromatic heterocycles. The number of nitro groups is 1. The van der Waals surface area contributed by atoms with Gasteiger partial charge in [-0.2, -0.15) is 5.10 Å². The molecule has 9 nitrogen and oxygen atoms in total. The zero-order valence-electron chi connectivity index (χ0n) is 18.8.